The predicted molar refractivity (Wildman–Crippen MR) is 121 cm³/mol. The van der Waals surface area contributed by atoms with Crippen molar-refractivity contribution < 1.29 is 27.9 Å². The van der Waals surface area contributed by atoms with Crippen molar-refractivity contribution in [1.29, 1.82) is 0 Å². The molecular formula is C24H26N2O6S. The highest BCUT2D eigenvalue weighted by Crippen LogP contribution is 2.61. The molecule has 1 aromatic rings. The van der Waals surface area contributed by atoms with E-state index < -0.39 is 32.7 Å². The predicted octanol–water partition coefficient (Wildman–Crippen LogP) is 2.03. The first-order valence-electron chi connectivity index (χ1n) is 10.7. The number of nitrogens with one attached hydrogen (secondary N) is 2. The lowest BCUT2D eigenvalue weighted by Gasteiger charge is -2.58. The number of hydrogen-bond donors (Lipinski definition) is 3. The Hall–Kier alpha value is -2.91. The molecule has 1 aromatic carbocycles. The van der Waals surface area contributed by atoms with Gasteiger partial charge < -0.3 is 15.2 Å². The molecule has 0 fully saturated rings. The number of benzene rings is 1. The van der Waals surface area contributed by atoms with Crippen molar-refractivity contribution in [2.45, 2.75) is 45.9 Å². The van der Waals surface area contributed by atoms with Crippen molar-refractivity contribution >= 4 is 21.7 Å². The maximum Gasteiger partial charge on any atom is 0.254 e. The van der Waals surface area contributed by atoms with Crippen molar-refractivity contribution in [2.24, 2.45) is 10.8 Å². The van der Waals surface area contributed by atoms with E-state index in [1.807, 2.05) is 32.1 Å². The number of carbonyl (C=O) groups is 2. The van der Waals surface area contributed by atoms with Gasteiger partial charge in [-0.05, 0) is 50.5 Å². The standard InChI is InChI=1S/C24H26N2O6S/c1-12-6-9-16-22(2,3)19(27)15(26-33(5,30)31)11-24(16)23(12,4)10-13-7-8-14-17(18(13)32-24)21(29)25-20(14)28/h6-9,11,21,26,29H,10H2,1-5H3,(H,25,28). The molecule has 0 saturated carbocycles. The summed E-state index contributed by atoms with van der Waals surface area (Å²) in [5.41, 5.74) is 0.252. The van der Waals surface area contributed by atoms with Gasteiger partial charge in [-0.15, -0.1) is 0 Å². The Labute approximate surface area is 192 Å². The molecule has 0 radical (unpaired) electrons. The number of Topliss-reactive ketones (excluding diaryl/α,β-unsaturated/α-hetero) is 1. The van der Waals surface area contributed by atoms with Crippen LogP contribution in [0.2, 0.25) is 0 Å². The zero-order chi connectivity index (χ0) is 24.1. The third kappa shape index (κ3) is 2.75. The first-order valence-corrected chi connectivity index (χ1v) is 12.6. The zero-order valence-electron chi connectivity index (χ0n) is 19.1. The number of ether oxygens (including phenoxy) is 1. The summed E-state index contributed by atoms with van der Waals surface area (Å²) in [6.45, 7) is 7.52. The summed E-state index contributed by atoms with van der Waals surface area (Å²) in [4.78, 5) is 25.7. The molecule has 4 aliphatic rings. The summed E-state index contributed by atoms with van der Waals surface area (Å²) in [5.74, 6) is -0.361. The lowest BCUT2D eigenvalue weighted by atomic mass is 9.52. The van der Waals surface area contributed by atoms with Crippen LogP contribution < -0.4 is 14.8 Å². The van der Waals surface area contributed by atoms with Crippen molar-refractivity contribution in [3.05, 3.63) is 63.9 Å². The van der Waals surface area contributed by atoms with Crippen LogP contribution in [0.25, 0.3) is 0 Å². The lowest BCUT2D eigenvalue weighted by molar-refractivity contribution is -0.125. The molecule has 33 heavy (non-hydrogen) atoms. The largest absolute Gasteiger partial charge is 0.477 e. The first kappa shape index (κ1) is 21.9. The molecule has 3 N–H and O–H groups in total. The Bertz CT molecular complexity index is 1350. The normalized spacial score (nSPS) is 31.6. The van der Waals surface area contributed by atoms with E-state index >= 15 is 0 Å². The Morgan fingerprint density at radius 2 is 1.88 bits per heavy atom. The number of ketones is 1. The summed E-state index contributed by atoms with van der Waals surface area (Å²) in [6, 6.07) is 3.51. The minimum Gasteiger partial charge on any atom is -0.477 e. The van der Waals surface area contributed by atoms with Crippen molar-refractivity contribution in [1.82, 2.24) is 10.0 Å². The van der Waals surface area contributed by atoms with E-state index in [0.29, 0.717) is 28.9 Å². The molecule has 3 atom stereocenters. The molecule has 2 aliphatic carbocycles. The molecule has 3 unspecified atom stereocenters. The van der Waals surface area contributed by atoms with Crippen LogP contribution in [0.3, 0.4) is 0 Å². The second-order valence-corrected chi connectivity index (χ2v) is 11.8. The maximum absolute atomic E-state index is 13.4. The molecule has 2 aliphatic heterocycles. The van der Waals surface area contributed by atoms with Gasteiger partial charge in [0.2, 0.25) is 10.0 Å². The molecule has 0 aromatic heterocycles. The molecule has 2 heterocycles. The number of amides is 1. The van der Waals surface area contributed by atoms with Gasteiger partial charge in [0.1, 0.15) is 5.75 Å². The minimum absolute atomic E-state index is 0.0497. The van der Waals surface area contributed by atoms with Gasteiger partial charge >= 0.3 is 0 Å². The van der Waals surface area contributed by atoms with Gasteiger partial charge in [-0.25, -0.2) is 8.42 Å². The van der Waals surface area contributed by atoms with Crippen molar-refractivity contribution in [2.75, 3.05) is 6.26 Å². The molecule has 1 spiro atoms. The van der Waals surface area contributed by atoms with Gasteiger partial charge in [0.15, 0.2) is 17.6 Å². The molecule has 5 rings (SSSR count). The molecule has 9 heteroatoms. The SMILES string of the molecule is CC1=CC=C2C(C)(C)C(=O)C(NS(C)(=O)=O)=CC23Oc2c(ccc4c2C(O)NC4=O)CC13C. The third-order valence-electron chi connectivity index (χ3n) is 7.59. The number of aliphatic hydroxyl groups excluding tert-OH is 1. The van der Waals surface area contributed by atoms with Crippen LogP contribution in [0, 0.1) is 10.8 Å². The fourth-order valence-corrected chi connectivity index (χ4v) is 6.23. The van der Waals surface area contributed by atoms with Crippen LogP contribution in [0.4, 0.5) is 0 Å². The molecule has 1 amide bonds. The fourth-order valence-electron chi connectivity index (χ4n) is 5.68. The maximum atomic E-state index is 13.4. The summed E-state index contributed by atoms with van der Waals surface area (Å²) < 4.78 is 33.4. The highest BCUT2D eigenvalue weighted by atomic mass is 32.2. The van der Waals surface area contributed by atoms with Crippen LogP contribution in [0.5, 0.6) is 5.75 Å². The number of hydrogen-bond acceptors (Lipinski definition) is 6. The van der Waals surface area contributed by atoms with E-state index in [-0.39, 0.29) is 17.4 Å². The van der Waals surface area contributed by atoms with E-state index in [4.69, 9.17) is 4.74 Å². The molecule has 0 saturated heterocycles. The number of fused-ring (bicyclic) bond motifs is 3. The number of carbonyl (C=O) groups excluding carboxylic acids is 2. The molecule has 8 nitrogen and oxygen atoms in total. The Balaban J connectivity index is 1.83. The second-order valence-electron chi connectivity index (χ2n) is 10.1. The smallest absolute Gasteiger partial charge is 0.254 e. The summed E-state index contributed by atoms with van der Waals surface area (Å²) in [6.07, 6.45) is 5.71. The lowest BCUT2D eigenvalue weighted by Crippen LogP contribution is -2.63. The zero-order valence-corrected chi connectivity index (χ0v) is 19.9. The van der Waals surface area contributed by atoms with Crippen molar-refractivity contribution in [3.8, 4) is 5.75 Å². The average molecular weight is 471 g/mol. The average Bonchev–Trinajstić information content (AvgIpc) is 2.98. The highest BCUT2D eigenvalue weighted by molar-refractivity contribution is 7.88. The van der Waals surface area contributed by atoms with E-state index in [9.17, 15) is 23.1 Å². The number of sulfonamides is 1. The number of allylic oxidation sites excluding steroid dienone is 3. The molecular weight excluding hydrogens is 444 g/mol. The van der Waals surface area contributed by atoms with Gasteiger partial charge in [0, 0.05) is 5.41 Å². The van der Waals surface area contributed by atoms with Gasteiger partial charge in [0.05, 0.1) is 28.5 Å². The molecule has 174 valence electrons. The summed E-state index contributed by atoms with van der Waals surface area (Å²) in [5, 5.41) is 13.1. The van der Waals surface area contributed by atoms with Crippen molar-refractivity contribution in [3.63, 3.8) is 0 Å². The van der Waals surface area contributed by atoms with Crippen LogP contribution in [0.1, 0.15) is 55.4 Å². The van der Waals surface area contributed by atoms with Gasteiger partial charge in [-0.1, -0.05) is 30.7 Å². The van der Waals surface area contributed by atoms with E-state index in [1.54, 1.807) is 26.0 Å². The van der Waals surface area contributed by atoms with Gasteiger partial charge in [0.25, 0.3) is 5.91 Å². The van der Waals surface area contributed by atoms with Gasteiger partial charge in [-0.2, -0.15) is 0 Å². The summed E-state index contributed by atoms with van der Waals surface area (Å²) >= 11 is 0. The number of aliphatic hydroxyl groups is 1. The monoisotopic (exact) mass is 470 g/mol. The van der Waals surface area contributed by atoms with E-state index in [2.05, 4.69) is 10.0 Å². The topological polar surface area (TPSA) is 122 Å². The minimum atomic E-state index is -3.73. The first-order chi connectivity index (χ1) is 15.2. The van der Waals surface area contributed by atoms with Gasteiger partial charge in [-0.3, -0.25) is 14.3 Å². The van der Waals surface area contributed by atoms with Crippen LogP contribution >= 0.6 is 0 Å². The molecule has 0 bridgehead atoms. The van der Waals surface area contributed by atoms with E-state index in [0.717, 1.165) is 17.4 Å². The van der Waals surface area contributed by atoms with Crippen LogP contribution in [-0.2, 0) is 21.2 Å². The Morgan fingerprint density at radius 3 is 2.55 bits per heavy atom. The second kappa shape index (κ2) is 6.36. The summed E-state index contributed by atoms with van der Waals surface area (Å²) in [7, 11) is -3.73. The fraction of sp³-hybridized carbons (Fsp3) is 0.417. The van der Waals surface area contributed by atoms with E-state index in [1.165, 1.54) is 0 Å². The van der Waals surface area contributed by atoms with Crippen LogP contribution in [-0.4, -0.2) is 37.1 Å². The Kier molecular flexibility index (Phi) is 4.22. The van der Waals surface area contributed by atoms with Crippen LogP contribution in [0.15, 0.2) is 47.2 Å². The number of rotatable bonds is 2. The Morgan fingerprint density at radius 1 is 1.18 bits per heavy atom. The highest BCUT2D eigenvalue weighted by Gasteiger charge is 2.63. The quantitative estimate of drug-likeness (QED) is 0.608. The third-order valence-corrected chi connectivity index (χ3v) is 8.18.